The Morgan fingerprint density at radius 1 is 0.263 bits per heavy atom. The predicted octanol–water partition coefficient (Wildman–Crippen LogP) is -0.192. The molecule has 0 heterocycles. The summed E-state index contributed by atoms with van der Waals surface area (Å²) in [4.78, 5) is 0. The Labute approximate surface area is 228 Å². The minimum Gasteiger partial charge on any atom is -0.394 e. The van der Waals surface area contributed by atoms with Crippen LogP contribution in [0.2, 0.25) is 0 Å². The summed E-state index contributed by atoms with van der Waals surface area (Å²) in [6, 6.07) is 0. The van der Waals surface area contributed by atoms with Crippen LogP contribution in [0, 0.1) is 0 Å². The van der Waals surface area contributed by atoms with Crippen LogP contribution in [0.3, 0.4) is 0 Å². The molecule has 13 nitrogen and oxygen atoms in total. The van der Waals surface area contributed by atoms with Crippen molar-refractivity contribution >= 4 is 0 Å². The van der Waals surface area contributed by atoms with Crippen LogP contribution in [0.15, 0.2) is 0 Å². The molecular formula is C25H52O13. The largest absolute Gasteiger partial charge is 0.394 e. The lowest BCUT2D eigenvalue weighted by Crippen LogP contribution is -2.15. The Bertz CT molecular complexity index is 371. The van der Waals surface area contributed by atoms with Crippen LogP contribution in [0.25, 0.3) is 0 Å². The first-order chi connectivity index (χ1) is 18.9. The monoisotopic (exact) mass is 560 g/mol. The maximum atomic E-state index is 8.56. The molecular weight excluding hydrogens is 508 g/mol. The van der Waals surface area contributed by atoms with E-state index in [4.69, 9.17) is 61.9 Å². The Morgan fingerprint density at radius 2 is 0.421 bits per heavy atom. The third-order valence-electron chi connectivity index (χ3n) is 4.39. The summed E-state index contributed by atoms with van der Waals surface area (Å²) in [6.07, 6.45) is 0. The van der Waals surface area contributed by atoms with Gasteiger partial charge in [-0.2, -0.15) is 0 Å². The number of aliphatic hydroxyl groups excluding tert-OH is 1. The van der Waals surface area contributed by atoms with Gasteiger partial charge < -0.3 is 61.9 Å². The molecule has 0 aromatic rings. The molecule has 0 saturated carbocycles. The highest BCUT2D eigenvalue weighted by Crippen LogP contribution is 1.87. The first-order valence-electron chi connectivity index (χ1n) is 13.4. The van der Waals surface area contributed by atoms with Gasteiger partial charge in [0.05, 0.1) is 159 Å². The Kier molecular flexibility index (Phi) is 36.0. The first-order valence-corrected chi connectivity index (χ1v) is 13.4. The lowest BCUT2D eigenvalue weighted by Gasteiger charge is -2.09. The number of hydrogen-bond donors (Lipinski definition) is 1. The Morgan fingerprint density at radius 3 is 0.579 bits per heavy atom. The van der Waals surface area contributed by atoms with Crippen LogP contribution in [-0.2, 0) is 56.8 Å². The topological polar surface area (TPSA) is 131 Å². The average Bonchev–Trinajstić information content (AvgIpc) is 2.93. The molecule has 0 aliphatic rings. The highest BCUT2D eigenvalue weighted by atomic mass is 16.6. The molecule has 0 aromatic carbocycles. The van der Waals surface area contributed by atoms with E-state index in [-0.39, 0.29) is 6.61 Å². The van der Waals surface area contributed by atoms with Crippen LogP contribution in [0.4, 0.5) is 0 Å². The summed E-state index contributed by atoms with van der Waals surface area (Å²) in [6.45, 7) is 11.8. The molecule has 0 rings (SSSR count). The number of hydrogen-bond acceptors (Lipinski definition) is 13. The fourth-order valence-electron chi connectivity index (χ4n) is 2.51. The van der Waals surface area contributed by atoms with Crippen molar-refractivity contribution in [1.82, 2.24) is 0 Å². The van der Waals surface area contributed by atoms with E-state index in [2.05, 4.69) is 0 Å². The lowest BCUT2D eigenvalue weighted by molar-refractivity contribution is -0.0283. The third kappa shape index (κ3) is 35.5. The van der Waals surface area contributed by atoms with E-state index in [1.165, 1.54) is 0 Å². The fraction of sp³-hybridized carbons (Fsp3) is 1.00. The molecule has 13 heteroatoms. The second-order valence-electron chi connectivity index (χ2n) is 7.45. The minimum atomic E-state index is 0.0269. The van der Waals surface area contributed by atoms with Gasteiger partial charge >= 0.3 is 0 Å². The number of aliphatic hydroxyl groups is 1. The molecule has 0 bridgehead atoms. The quantitative estimate of drug-likeness (QED) is 0.103. The van der Waals surface area contributed by atoms with E-state index < -0.39 is 0 Å². The maximum Gasteiger partial charge on any atom is 0.0701 e. The molecule has 0 amide bonds. The van der Waals surface area contributed by atoms with Crippen molar-refractivity contribution in [3.63, 3.8) is 0 Å². The van der Waals surface area contributed by atoms with Crippen molar-refractivity contribution in [2.24, 2.45) is 0 Å². The van der Waals surface area contributed by atoms with E-state index >= 15 is 0 Å². The van der Waals surface area contributed by atoms with Crippen molar-refractivity contribution in [3.05, 3.63) is 0 Å². The summed E-state index contributed by atoms with van der Waals surface area (Å²) >= 11 is 0. The number of methoxy groups -OCH3 is 1. The second-order valence-corrected chi connectivity index (χ2v) is 7.45. The van der Waals surface area contributed by atoms with Crippen molar-refractivity contribution < 1.29 is 61.9 Å². The van der Waals surface area contributed by atoms with Crippen LogP contribution >= 0.6 is 0 Å². The van der Waals surface area contributed by atoms with Gasteiger partial charge in [-0.3, -0.25) is 0 Å². The summed E-state index contributed by atoms with van der Waals surface area (Å²) < 4.78 is 64.0. The molecule has 1 N–H and O–H groups in total. The molecule has 0 aliphatic heterocycles. The van der Waals surface area contributed by atoms with E-state index in [0.717, 1.165) is 0 Å². The molecule has 0 atom stereocenters. The minimum absolute atomic E-state index is 0.0269. The van der Waals surface area contributed by atoms with Crippen molar-refractivity contribution in [2.75, 3.05) is 166 Å². The van der Waals surface area contributed by atoms with E-state index in [1.807, 2.05) is 0 Å². The molecule has 230 valence electrons. The summed E-state index contributed by atoms with van der Waals surface area (Å²) in [7, 11) is 1.64. The molecule has 0 spiro atoms. The Hall–Kier alpha value is -0.520. The van der Waals surface area contributed by atoms with Gasteiger partial charge in [-0.05, 0) is 0 Å². The zero-order valence-corrected chi connectivity index (χ0v) is 23.3. The average molecular weight is 561 g/mol. The molecule has 0 radical (unpaired) electrons. The second kappa shape index (κ2) is 36.5. The fourth-order valence-corrected chi connectivity index (χ4v) is 2.51. The van der Waals surface area contributed by atoms with Gasteiger partial charge in [0.15, 0.2) is 0 Å². The van der Waals surface area contributed by atoms with E-state index in [1.54, 1.807) is 7.11 Å². The van der Waals surface area contributed by atoms with E-state index in [0.29, 0.717) is 152 Å². The van der Waals surface area contributed by atoms with Gasteiger partial charge in [-0.15, -0.1) is 0 Å². The first kappa shape index (κ1) is 37.5. The number of rotatable bonds is 35. The summed E-state index contributed by atoms with van der Waals surface area (Å²) in [5.74, 6) is 0. The van der Waals surface area contributed by atoms with Gasteiger partial charge in [-0.1, -0.05) is 0 Å². The zero-order valence-electron chi connectivity index (χ0n) is 23.3. The van der Waals surface area contributed by atoms with Crippen LogP contribution in [-0.4, -0.2) is 171 Å². The smallest absolute Gasteiger partial charge is 0.0701 e. The predicted molar refractivity (Wildman–Crippen MR) is 138 cm³/mol. The molecule has 0 unspecified atom stereocenters. The van der Waals surface area contributed by atoms with Crippen molar-refractivity contribution in [2.45, 2.75) is 0 Å². The van der Waals surface area contributed by atoms with Crippen LogP contribution < -0.4 is 0 Å². The molecule has 38 heavy (non-hydrogen) atoms. The van der Waals surface area contributed by atoms with Gasteiger partial charge in [0.2, 0.25) is 0 Å². The highest BCUT2D eigenvalue weighted by molar-refractivity contribution is 4.39. The van der Waals surface area contributed by atoms with E-state index in [9.17, 15) is 0 Å². The van der Waals surface area contributed by atoms with Gasteiger partial charge in [-0.25, -0.2) is 0 Å². The highest BCUT2D eigenvalue weighted by Gasteiger charge is 1.96. The maximum absolute atomic E-state index is 8.56. The van der Waals surface area contributed by atoms with Gasteiger partial charge in [0.1, 0.15) is 0 Å². The van der Waals surface area contributed by atoms with Gasteiger partial charge in [0, 0.05) is 7.11 Å². The molecule has 0 aliphatic carbocycles. The van der Waals surface area contributed by atoms with Crippen molar-refractivity contribution in [1.29, 1.82) is 0 Å². The lowest BCUT2D eigenvalue weighted by atomic mass is 10.6. The molecule has 0 fully saturated rings. The number of ether oxygens (including phenoxy) is 12. The van der Waals surface area contributed by atoms with Crippen LogP contribution in [0.5, 0.6) is 0 Å². The molecule has 0 aromatic heterocycles. The summed E-state index contributed by atoms with van der Waals surface area (Å²) in [5.41, 5.74) is 0. The molecule has 0 saturated heterocycles. The van der Waals surface area contributed by atoms with Crippen molar-refractivity contribution in [3.8, 4) is 0 Å². The zero-order chi connectivity index (χ0) is 27.5. The third-order valence-corrected chi connectivity index (χ3v) is 4.39. The SMILES string of the molecule is COCCOCCOCCOCCOCCOCCOCCOCCOCCOCCOCCOCCO. The summed E-state index contributed by atoms with van der Waals surface area (Å²) in [5, 5.41) is 8.56. The normalized spacial score (nSPS) is 11.5. The van der Waals surface area contributed by atoms with Gasteiger partial charge in [0.25, 0.3) is 0 Å². The van der Waals surface area contributed by atoms with Crippen LogP contribution in [0.1, 0.15) is 0 Å². The standard InChI is InChI=1S/C25H52O13/c1-27-4-5-29-8-9-31-12-13-33-16-17-35-20-21-37-24-25-38-23-22-36-19-18-34-15-14-32-11-10-30-7-6-28-3-2-26/h26H,2-25H2,1H3. The Balaban J connectivity index is 3.01.